The molecule has 28 heavy (non-hydrogen) atoms. The van der Waals surface area contributed by atoms with Crippen LogP contribution in [0.25, 0.3) is 22.1 Å². The summed E-state index contributed by atoms with van der Waals surface area (Å²) in [5.74, 6) is -0.733. The van der Waals surface area contributed by atoms with Crippen LogP contribution in [0.15, 0.2) is 82.0 Å². The van der Waals surface area contributed by atoms with E-state index in [2.05, 4.69) is 5.32 Å². The minimum atomic E-state index is -0.412. The van der Waals surface area contributed by atoms with Gasteiger partial charge in [-0.2, -0.15) is 0 Å². The van der Waals surface area contributed by atoms with Crippen LogP contribution in [-0.2, 0) is 0 Å². The molecule has 0 unspecified atom stereocenters. The van der Waals surface area contributed by atoms with Crippen LogP contribution >= 0.6 is 0 Å². The number of fused-ring (bicyclic) bond motifs is 1. The quantitative estimate of drug-likeness (QED) is 0.505. The second-order valence-electron chi connectivity index (χ2n) is 6.48. The zero-order chi connectivity index (χ0) is 19.7. The van der Waals surface area contributed by atoms with Gasteiger partial charge in [0.05, 0.1) is 5.56 Å². The molecule has 0 aliphatic rings. The molecule has 0 saturated heterocycles. The Bertz CT molecular complexity index is 1240. The fourth-order valence-corrected chi connectivity index (χ4v) is 3.10. The van der Waals surface area contributed by atoms with Gasteiger partial charge in [-0.3, -0.25) is 4.79 Å². The van der Waals surface area contributed by atoms with Crippen molar-refractivity contribution in [1.82, 2.24) is 0 Å². The highest BCUT2D eigenvalue weighted by molar-refractivity contribution is 6.04. The average molecular weight is 373 g/mol. The number of halogens is 1. The summed E-state index contributed by atoms with van der Waals surface area (Å²) in [6.07, 6.45) is 0. The van der Waals surface area contributed by atoms with Crippen molar-refractivity contribution in [3.63, 3.8) is 0 Å². The average Bonchev–Trinajstić information content (AvgIpc) is 2.68. The van der Waals surface area contributed by atoms with E-state index in [1.165, 1.54) is 24.3 Å². The molecule has 0 spiro atoms. The Kier molecular flexibility index (Phi) is 4.49. The predicted molar refractivity (Wildman–Crippen MR) is 107 cm³/mol. The lowest BCUT2D eigenvalue weighted by Gasteiger charge is -2.10. The predicted octanol–water partition coefficient (Wildman–Crippen LogP) is 5.16. The number of nitrogens with one attached hydrogen (secondary N) is 1. The molecule has 0 aliphatic heterocycles. The SMILES string of the molecule is Cc1cc(NC(=O)c2ccc(F)cc2)ccc1-c1cc2ccccc2oc1=O. The number of hydrogen-bond acceptors (Lipinski definition) is 3. The summed E-state index contributed by atoms with van der Waals surface area (Å²) in [5, 5.41) is 3.62. The van der Waals surface area contributed by atoms with E-state index in [9.17, 15) is 14.0 Å². The Morgan fingerprint density at radius 1 is 0.929 bits per heavy atom. The van der Waals surface area contributed by atoms with E-state index in [1.54, 1.807) is 30.3 Å². The number of benzene rings is 3. The molecule has 4 rings (SSSR count). The Morgan fingerprint density at radius 2 is 1.68 bits per heavy atom. The van der Waals surface area contributed by atoms with Gasteiger partial charge in [-0.15, -0.1) is 0 Å². The molecule has 0 radical (unpaired) electrons. The van der Waals surface area contributed by atoms with Crippen molar-refractivity contribution in [3.05, 3.63) is 100 Å². The third-order valence-corrected chi connectivity index (χ3v) is 4.52. The van der Waals surface area contributed by atoms with Gasteiger partial charge in [0.2, 0.25) is 0 Å². The summed E-state index contributed by atoms with van der Waals surface area (Å²) < 4.78 is 18.4. The molecule has 4 nitrogen and oxygen atoms in total. The van der Waals surface area contributed by atoms with Gasteiger partial charge >= 0.3 is 5.63 Å². The van der Waals surface area contributed by atoms with Crippen molar-refractivity contribution in [2.24, 2.45) is 0 Å². The van der Waals surface area contributed by atoms with Gasteiger partial charge in [0.25, 0.3) is 5.91 Å². The molecule has 0 fully saturated rings. The highest BCUT2D eigenvalue weighted by Gasteiger charge is 2.12. The molecule has 5 heteroatoms. The largest absolute Gasteiger partial charge is 0.422 e. The number of carbonyl (C=O) groups is 1. The Hall–Kier alpha value is -3.73. The minimum Gasteiger partial charge on any atom is -0.422 e. The van der Waals surface area contributed by atoms with Crippen LogP contribution < -0.4 is 10.9 Å². The maximum absolute atomic E-state index is 13.0. The zero-order valence-corrected chi connectivity index (χ0v) is 15.0. The van der Waals surface area contributed by atoms with Crippen molar-refractivity contribution in [2.75, 3.05) is 5.32 Å². The van der Waals surface area contributed by atoms with E-state index < -0.39 is 11.4 Å². The van der Waals surface area contributed by atoms with E-state index in [1.807, 2.05) is 25.1 Å². The van der Waals surface area contributed by atoms with Crippen LogP contribution in [0, 0.1) is 12.7 Å². The maximum Gasteiger partial charge on any atom is 0.344 e. The number of anilines is 1. The van der Waals surface area contributed by atoms with Gasteiger partial charge in [0.1, 0.15) is 11.4 Å². The van der Waals surface area contributed by atoms with Gasteiger partial charge in [0, 0.05) is 16.6 Å². The van der Waals surface area contributed by atoms with Crippen molar-refractivity contribution in [2.45, 2.75) is 6.92 Å². The van der Waals surface area contributed by atoms with Gasteiger partial charge in [-0.1, -0.05) is 24.3 Å². The Balaban J connectivity index is 1.65. The summed E-state index contributed by atoms with van der Waals surface area (Å²) in [4.78, 5) is 24.7. The first-order valence-corrected chi connectivity index (χ1v) is 8.72. The third kappa shape index (κ3) is 3.42. The van der Waals surface area contributed by atoms with Crippen LogP contribution in [0.3, 0.4) is 0 Å². The smallest absolute Gasteiger partial charge is 0.344 e. The Morgan fingerprint density at radius 3 is 2.43 bits per heavy atom. The number of para-hydroxylation sites is 1. The van der Waals surface area contributed by atoms with Crippen LogP contribution in [-0.4, -0.2) is 5.91 Å². The van der Waals surface area contributed by atoms with Gasteiger partial charge in [-0.25, -0.2) is 9.18 Å². The lowest BCUT2D eigenvalue weighted by molar-refractivity contribution is 0.102. The first-order chi connectivity index (χ1) is 13.5. The van der Waals surface area contributed by atoms with E-state index in [0.717, 1.165) is 16.5 Å². The molecule has 1 aromatic heterocycles. The molecule has 1 amide bonds. The number of amides is 1. The topological polar surface area (TPSA) is 59.3 Å². The van der Waals surface area contributed by atoms with Crippen LogP contribution in [0.4, 0.5) is 10.1 Å². The molecular weight excluding hydrogens is 357 g/mol. The molecule has 138 valence electrons. The highest BCUT2D eigenvalue weighted by Crippen LogP contribution is 2.26. The molecule has 1 heterocycles. The highest BCUT2D eigenvalue weighted by atomic mass is 19.1. The van der Waals surface area contributed by atoms with E-state index in [0.29, 0.717) is 22.4 Å². The van der Waals surface area contributed by atoms with Crippen LogP contribution in [0.2, 0.25) is 0 Å². The van der Waals surface area contributed by atoms with Crippen LogP contribution in [0.5, 0.6) is 0 Å². The van der Waals surface area contributed by atoms with Crippen molar-refractivity contribution >= 4 is 22.6 Å². The molecule has 0 bridgehead atoms. The van der Waals surface area contributed by atoms with E-state index in [4.69, 9.17) is 4.42 Å². The summed E-state index contributed by atoms with van der Waals surface area (Å²) in [6, 6.07) is 19.7. The zero-order valence-electron chi connectivity index (χ0n) is 15.0. The lowest BCUT2D eigenvalue weighted by Crippen LogP contribution is -2.12. The Labute approximate surface area is 160 Å². The van der Waals surface area contributed by atoms with Crippen molar-refractivity contribution in [1.29, 1.82) is 0 Å². The fraction of sp³-hybridized carbons (Fsp3) is 0.0435. The second-order valence-corrected chi connectivity index (χ2v) is 6.48. The number of aryl methyl sites for hydroxylation is 1. The van der Waals surface area contributed by atoms with Crippen molar-refractivity contribution < 1.29 is 13.6 Å². The van der Waals surface area contributed by atoms with Gasteiger partial charge in [-0.05, 0) is 66.6 Å². The normalized spacial score (nSPS) is 10.8. The molecule has 3 aromatic carbocycles. The maximum atomic E-state index is 13.0. The molecule has 0 atom stereocenters. The van der Waals surface area contributed by atoms with Gasteiger partial charge in [0.15, 0.2) is 0 Å². The van der Waals surface area contributed by atoms with Crippen LogP contribution in [0.1, 0.15) is 15.9 Å². The fourth-order valence-electron chi connectivity index (χ4n) is 3.10. The monoisotopic (exact) mass is 373 g/mol. The van der Waals surface area contributed by atoms with E-state index >= 15 is 0 Å². The molecule has 1 N–H and O–H groups in total. The number of rotatable bonds is 3. The molecule has 0 saturated carbocycles. The molecule has 4 aromatic rings. The molecule has 0 aliphatic carbocycles. The van der Waals surface area contributed by atoms with Gasteiger partial charge < -0.3 is 9.73 Å². The summed E-state index contributed by atoms with van der Waals surface area (Å²) in [7, 11) is 0. The first kappa shape index (κ1) is 17.7. The number of carbonyl (C=O) groups excluding carboxylic acids is 1. The summed E-state index contributed by atoms with van der Waals surface area (Å²) in [6.45, 7) is 1.86. The van der Waals surface area contributed by atoms with Crippen molar-refractivity contribution in [3.8, 4) is 11.1 Å². The number of hydrogen-bond donors (Lipinski definition) is 1. The van der Waals surface area contributed by atoms with E-state index in [-0.39, 0.29) is 5.91 Å². The molecular formula is C23H16FNO3. The standard InChI is InChI=1S/C23H16FNO3/c1-14-12-18(25-22(26)15-6-8-17(24)9-7-15)10-11-19(14)20-13-16-4-2-3-5-21(16)28-23(20)27/h2-13H,1H3,(H,25,26). The second kappa shape index (κ2) is 7.12. The lowest BCUT2D eigenvalue weighted by atomic mass is 10.0. The minimum absolute atomic E-state index is 0.336. The third-order valence-electron chi connectivity index (χ3n) is 4.52. The first-order valence-electron chi connectivity index (χ1n) is 8.72. The summed E-state index contributed by atoms with van der Waals surface area (Å²) >= 11 is 0. The summed E-state index contributed by atoms with van der Waals surface area (Å²) in [5.41, 5.74) is 3.09.